The van der Waals surface area contributed by atoms with Gasteiger partial charge in [-0.25, -0.2) is 0 Å². The van der Waals surface area contributed by atoms with Gasteiger partial charge in [-0.2, -0.15) is 0 Å². The highest BCUT2D eigenvalue weighted by Gasteiger charge is 2.18. The molecular weight excluding hydrogens is 252 g/mol. The number of carbonyl (C=O) groups excluding carboxylic acids is 1. The summed E-state index contributed by atoms with van der Waals surface area (Å²) in [4.78, 5) is 12.1. The molecular formula is C16H26N2O2. The maximum absolute atomic E-state index is 12.1. The van der Waals surface area contributed by atoms with Crippen molar-refractivity contribution in [2.24, 2.45) is 11.7 Å². The molecule has 112 valence electrons. The molecule has 0 fully saturated rings. The van der Waals surface area contributed by atoms with Crippen LogP contribution in [0.2, 0.25) is 0 Å². The van der Waals surface area contributed by atoms with Crippen LogP contribution in [-0.2, 0) is 4.79 Å². The zero-order chi connectivity index (χ0) is 15.0. The molecule has 0 saturated carbocycles. The zero-order valence-electron chi connectivity index (χ0n) is 12.7. The normalized spacial score (nSPS) is 13.6. The Labute approximate surface area is 121 Å². The lowest BCUT2D eigenvalue weighted by Crippen LogP contribution is -2.36. The van der Waals surface area contributed by atoms with E-state index in [9.17, 15) is 4.79 Å². The lowest BCUT2D eigenvalue weighted by molar-refractivity contribution is -0.125. The maximum Gasteiger partial charge on any atom is 0.224 e. The lowest BCUT2D eigenvalue weighted by Gasteiger charge is -2.19. The van der Waals surface area contributed by atoms with Crippen molar-refractivity contribution in [1.29, 1.82) is 0 Å². The molecule has 4 nitrogen and oxygen atoms in total. The molecule has 0 aliphatic heterocycles. The lowest BCUT2D eigenvalue weighted by atomic mass is 10.0. The van der Waals surface area contributed by atoms with Gasteiger partial charge in [0.25, 0.3) is 0 Å². The standard InChI is InChI=1S/C16H26N2O2/c1-4-6-14(11-17)16(19)18-12(3)13-7-9-15(10-8-13)20-5-2/h7-10,12,14H,4-6,11,17H2,1-3H3,(H,18,19). The Morgan fingerprint density at radius 2 is 1.95 bits per heavy atom. The van der Waals surface area contributed by atoms with Crippen molar-refractivity contribution in [2.75, 3.05) is 13.2 Å². The first-order valence-corrected chi connectivity index (χ1v) is 7.35. The van der Waals surface area contributed by atoms with Gasteiger partial charge in [-0.15, -0.1) is 0 Å². The summed E-state index contributed by atoms with van der Waals surface area (Å²) < 4.78 is 5.41. The van der Waals surface area contributed by atoms with Gasteiger partial charge in [0.2, 0.25) is 5.91 Å². The fraction of sp³-hybridized carbons (Fsp3) is 0.562. The average molecular weight is 278 g/mol. The van der Waals surface area contributed by atoms with E-state index in [0.29, 0.717) is 13.2 Å². The molecule has 0 spiro atoms. The van der Waals surface area contributed by atoms with E-state index < -0.39 is 0 Å². The summed E-state index contributed by atoms with van der Waals surface area (Å²) in [5, 5.41) is 3.02. The Kier molecular flexibility index (Phi) is 7.09. The molecule has 0 radical (unpaired) electrons. The third kappa shape index (κ3) is 4.85. The van der Waals surface area contributed by atoms with Crippen molar-refractivity contribution in [3.63, 3.8) is 0 Å². The summed E-state index contributed by atoms with van der Waals surface area (Å²) >= 11 is 0. The topological polar surface area (TPSA) is 64.4 Å². The van der Waals surface area contributed by atoms with Crippen molar-refractivity contribution in [2.45, 2.75) is 39.7 Å². The minimum atomic E-state index is -0.0925. The van der Waals surface area contributed by atoms with Gasteiger partial charge in [0, 0.05) is 6.54 Å². The van der Waals surface area contributed by atoms with E-state index in [1.807, 2.05) is 38.1 Å². The van der Waals surface area contributed by atoms with Gasteiger partial charge >= 0.3 is 0 Å². The quantitative estimate of drug-likeness (QED) is 0.768. The van der Waals surface area contributed by atoms with Crippen molar-refractivity contribution in [3.05, 3.63) is 29.8 Å². The van der Waals surface area contributed by atoms with E-state index in [-0.39, 0.29) is 17.9 Å². The van der Waals surface area contributed by atoms with Crippen LogP contribution in [-0.4, -0.2) is 19.1 Å². The van der Waals surface area contributed by atoms with Crippen molar-refractivity contribution < 1.29 is 9.53 Å². The Balaban J connectivity index is 2.60. The van der Waals surface area contributed by atoms with Crippen LogP contribution in [0.3, 0.4) is 0 Å². The molecule has 2 unspecified atom stereocenters. The van der Waals surface area contributed by atoms with Crippen LogP contribution in [0.5, 0.6) is 5.75 Å². The summed E-state index contributed by atoms with van der Waals surface area (Å²) in [5.74, 6) is 0.793. The molecule has 0 aliphatic rings. The van der Waals surface area contributed by atoms with Crippen LogP contribution in [0.15, 0.2) is 24.3 Å². The van der Waals surface area contributed by atoms with E-state index >= 15 is 0 Å². The van der Waals surface area contributed by atoms with E-state index in [4.69, 9.17) is 10.5 Å². The number of amides is 1. The molecule has 1 aromatic rings. The number of hydrogen-bond donors (Lipinski definition) is 2. The number of nitrogens with one attached hydrogen (secondary N) is 1. The number of benzene rings is 1. The van der Waals surface area contributed by atoms with Gasteiger partial charge in [0.1, 0.15) is 5.75 Å². The van der Waals surface area contributed by atoms with E-state index in [2.05, 4.69) is 12.2 Å². The van der Waals surface area contributed by atoms with Crippen LogP contribution in [0.25, 0.3) is 0 Å². The molecule has 0 aliphatic carbocycles. The van der Waals surface area contributed by atoms with Gasteiger partial charge in [-0.1, -0.05) is 25.5 Å². The molecule has 0 saturated heterocycles. The highest BCUT2D eigenvalue weighted by atomic mass is 16.5. The van der Waals surface area contributed by atoms with E-state index in [1.54, 1.807) is 0 Å². The molecule has 2 atom stereocenters. The fourth-order valence-corrected chi connectivity index (χ4v) is 2.14. The van der Waals surface area contributed by atoms with Crippen LogP contribution in [0, 0.1) is 5.92 Å². The Morgan fingerprint density at radius 3 is 2.45 bits per heavy atom. The zero-order valence-corrected chi connectivity index (χ0v) is 12.7. The Morgan fingerprint density at radius 1 is 1.30 bits per heavy atom. The van der Waals surface area contributed by atoms with Crippen LogP contribution in [0.4, 0.5) is 0 Å². The van der Waals surface area contributed by atoms with Gasteiger partial charge in [-0.3, -0.25) is 4.79 Å². The summed E-state index contributed by atoms with van der Waals surface area (Å²) in [6.07, 6.45) is 1.80. The summed E-state index contributed by atoms with van der Waals surface area (Å²) in [5.41, 5.74) is 6.71. The van der Waals surface area contributed by atoms with Crippen molar-refractivity contribution in [1.82, 2.24) is 5.32 Å². The maximum atomic E-state index is 12.1. The number of ether oxygens (including phenoxy) is 1. The second kappa shape index (κ2) is 8.59. The van der Waals surface area contributed by atoms with E-state index in [1.165, 1.54) is 0 Å². The summed E-state index contributed by atoms with van der Waals surface area (Å²) in [6, 6.07) is 7.78. The molecule has 20 heavy (non-hydrogen) atoms. The highest BCUT2D eigenvalue weighted by molar-refractivity contribution is 5.79. The van der Waals surface area contributed by atoms with E-state index in [0.717, 1.165) is 24.2 Å². The second-order valence-corrected chi connectivity index (χ2v) is 4.95. The van der Waals surface area contributed by atoms with Gasteiger partial charge in [-0.05, 0) is 38.0 Å². The first-order chi connectivity index (χ1) is 9.62. The van der Waals surface area contributed by atoms with Crippen LogP contribution in [0.1, 0.15) is 45.2 Å². The molecule has 0 aromatic heterocycles. The van der Waals surface area contributed by atoms with Crippen molar-refractivity contribution >= 4 is 5.91 Å². The van der Waals surface area contributed by atoms with Crippen molar-refractivity contribution in [3.8, 4) is 5.75 Å². The Hall–Kier alpha value is -1.55. The molecule has 1 amide bonds. The minimum Gasteiger partial charge on any atom is -0.494 e. The molecule has 1 aromatic carbocycles. The van der Waals surface area contributed by atoms with Gasteiger partial charge in [0.15, 0.2) is 0 Å². The third-order valence-corrected chi connectivity index (χ3v) is 3.34. The SMILES string of the molecule is CCCC(CN)C(=O)NC(C)c1ccc(OCC)cc1. The largest absolute Gasteiger partial charge is 0.494 e. The number of rotatable bonds is 8. The molecule has 4 heteroatoms. The first-order valence-electron chi connectivity index (χ1n) is 7.35. The van der Waals surface area contributed by atoms with Crippen LogP contribution >= 0.6 is 0 Å². The number of nitrogens with two attached hydrogens (primary N) is 1. The third-order valence-electron chi connectivity index (χ3n) is 3.34. The number of hydrogen-bond acceptors (Lipinski definition) is 3. The van der Waals surface area contributed by atoms with Crippen LogP contribution < -0.4 is 15.8 Å². The van der Waals surface area contributed by atoms with Gasteiger partial charge < -0.3 is 15.8 Å². The molecule has 1 rings (SSSR count). The van der Waals surface area contributed by atoms with Gasteiger partial charge in [0.05, 0.1) is 18.6 Å². The fourth-order valence-electron chi connectivity index (χ4n) is 2.14. The molecule has 3 N–H and O–H groups in total. The summed E-state index contributed by atoms with van der Waals surface area (Å²) in [7, 11) is 0. The molecule has 0 bridgehead atoms. The first kappa shape index (κ1) is 16.5. The molecule has 0 heterocycles. The predicted octanol–water partition coefficient (Wildman–Crippen LogP) is 2.64. The predicted molar refractivity (Wildman–Crippen MR) is 81.6 cm³/mol. The highest BCUT2D eigenvalue weighted by Crippen LogP contribution is 2.18. The minimum absolute atomic E-state index is 0.0240. The summed E-state index contributed by atoms with van der Waals surface area (Å²) in [6.45, 7) is 7.05. The smallest absolute Gasteiger partial charge is 0.224 e. The monoisotopic (exact) mass is 278 g/mol. The Bertz CT molecular complexity index is 403. The average Bonchev–Trinajstić information content (AvgIpc) is 2.45. The second-order valence-electron chi connectivity index (χ2n) is 4.95. The number of carbonyl (C=O) groups is 1.